The molecule has 0 aromatic heterocycles. The third-order valence-corrected chi connectivity index (χ3v) is 4.98. The highest BCUT2D eigenvalue weighted by atomic mass is 16.6. The highest BCUT2D eigenvalue weighted by molar-refractivity contribution is 5.33. The van der Waals surface area contributed by atoms with Crippen LogP contribution in [0.4, 0.5) is 5.69 Å². The van der Waals surface area contributed by atoms with Crippen LogP contribution in [0.3, 0.4) is 0 Å². The Labute approximate surface area is 120 Å². The molecule has 0 amide bonds. The maximum atomic E-state index is 10.7. The van der Waals surface area contributed by atoms with Crippen LogP contribution in [0.2, 0.25) is 0 Å². The van der Waals surface area contributed by atoms with Gasteiger partial charge in [-0.3, -0.25) is 10.1 Å². The highest BCUT2D eigenvalue weighted by Gasteiger charge is 2.38. The van der Waals surface area contributed by atoms with Crippen LogP contribution in [0.25, 0.3) is 0 Å². The van der Waals surface area contributed by atoms with Crippen LogP contribution in [0.1, 0.15) is 44.6 Å². The van der Waals surface area contributed by atoms with Crippen molar-refractivity contribution in [2.75, 3.05) is 7.05 Å². The quantitative estimate of drug-likeness (QED) is 0.636. The van der Waals surface area contributed by atoms with Gasteiger partial charge in [0.1, 0.15) is 0 Å². The van der Waals surface area contributed by atoms with Crippen LogP contribution in [0, 0.1) is 15.5 Å². The van der Waals surface area contributed by atoms with Crippen molar-refractivity contribution in [1.29, 1.82) is 0 Å². The summed E-state index contributed by atoms with van der Waals surface area (Å²) in [6, 6.07) is 7.45. The molecule has 4 heteroatoms. The number of nitrogens with zero attached hydrogens (tertiary/aromatic N) is 1. The van der Waals surface area contributed by atoms with E-state index in [0.717, 1.165) is 6.42 Å². The van der Waals surface area contributed by atoms with Gasteiger partial charge in [-0.05, 0) is 43.7 Å². The Morgan fingerprint density at radius 3 is 2.35 bits per heavy atom. The summed E-state index contributed by atoms with van der Waals surface area (Å²) in [5, 5.41) is 14.2. The van der Waals surface area contributed by atoms with E-state index in [9.17, 15) is 10.1 Å². The lowest BCUT2D eigenvalue weighted by atomic mass is 9.74. The second-order valence-electron chi connectivity index (χ2n) is 5.89. The van der Waals surface area contributed by atoms with Gasteiger partial charge in [0.15, 0.2) is 0 Å². The van der Waals surface area contributed by atoms with Gasteiger partial charge >= 0.3 is 0 Å². The number of rotatable bonds is 6. The second-order valence-corrected chi connectivity index (χ2v) is 5.89. The first kappa shape index (κ1) is 15.0. The average Bonchev–Trinajstić information content (AvgIpc) is 2.95. The van der Waals surface area contributed by atoms with Gasteiger partial charge in [-0.2, -0.15) is 0 Å². The zero-order valence-corrected chi connectivity index (χ0v) is 12.4. The van der Waals surface area contributed by atoms with Crippen LogP contribution in [-0.4, -0.2) is 18.0 Å². The first-order chi connectivity index (χ1) is 9.61. The predicted octanol–water partition coefficient (Wildman–Crippen LogP) is 3.70. The summed E-state index contributed by atoms with van der Waals surface area (Å²) in [4.78, 5) is 10.3. The minimum absolute atomic E-state index is 0.167. The molecule has 1 saturated carbocycles. The third-order valence-electron chi connectivity index (χ3n) is 4.98. The zero-order chi connectivity index (χ0) is 14.6. The molecule has 1 aliphatic rings. The van der Waals surface area contributed by atoms with E-state index in [1.54, 1.807) is 12.1 Å². The van der Waals surface area contributed by atoms with Crippen molar-refractivity contribution < 1.29 is 4.92 Å². The lowest BCUT2D eigenvalue weighted by Gasteiger charge is -2.37. The Balaban J connectivity index is 2.11. The molecule has 1 aromatic rings. The molecule has 1 N–H and O–H groups in total. The van der Waals surface area contributed by atoms with Gasteiger partial charge in [0.25, 0.3) is 5.69 Å². The van der Waals surface area contributed by atoms with Crippen molar-refractivity contribution in [3.05, 3.63) is 39.9 Å². The average molecular weight is 276 g/mol. The zero-order valence-electron chi connectivity index (χ0n) is 12.4. The molecule has 4 nitrogen and oxygen atoms in total. The second kappa shape index (κ2) is 6.35. The van der Waals surface area contributed by atoms with Gasteiger partial charge in [0.05, 0.1) is 4.92 Å². The van der Waals surface area contributed by atoms with Crippen LogP contribution < -0.4 is 5.32 Å². The van der Waals surface area contributed by atoms with E-state index >= 15 is 0 Å². The van der Waals surface area contributed by atoms with E-state index in [0.29, 0.717) is 11.5 Å². The summed E-state index contributed by atoms with van der Waals surface area (Å²) in [5.41, 5.74) is 1.74. The lowest BCUT2D eigenvalue weighted by molar-refractivity contribution is -0.384. The monoisotopic (exact) mass is 276 g/mol. The maximum Gasteiger partial charge on any atom is 0.269 e. The predicted molar refractivity (Wildman–Crippen MR) is 80.8 cm³/mol. The third kappa shape index (κ3) is 3.01. The smallest absolute Gasteiger partial charge is 0.269 e. The van der Waals surface area contributed by atoms with E-state index in [4.69, 9.17) is 0 Å². The molecule has 1 aliphatic carbocycles. The number of hydrogen-bond acceptors (Lipinski definition) is 3. The molecule has 2 rings (SSSR count). The van der Waals surface area contributed by atoms with Crippen molar-refractivity contribution >= 4 is 5.69 Å². The number of likely N-dealkylation sites (N-methyl/N-ethyl adjacent to an activating group) is 1. The fourth-order valence-corrected chi connectivity index (χ4v) is 3.64. The van der Waals surface area contributed by atoms with Crippen molar-refractivity contribution in [2.45, 2.75) is 51.5 Å². The molecular weight excluding hydrogens is 252 g/mol. The van der Waals surface area contributed by atoms with Crippen molar-refractivity contribution in [2.24, 2.45) is 5.41 Å². The fourth-order valence-electron chi connectivity index (χ4n) is 3.64. The normalized spacial score (nSPS) is 18.9. The number of nitro groups is 1. The number of non-ortho nitro benzene ring substituents is 1. The summed E-state index contributed by atoms with van der Waals surface area (Å²) >= 11 is 0. The van der Waals surface area contributed by atoms with E-state index in [2.05, 4.69) is 12.2 Å². The van der Waals surface area contributed by atoms with Crippen LogP contribution in [-0.2, 0) is 6.42 Å². The van der Waals surface area contributed by atoms with Gasteiger partial charge in [0.2, 0.25) is 0 Å². The molecule has 0 saturated heterocycles. The Bertz CT molecular complexity index is 450. The Morgan fingerprint density at radius 1 is 1.30 bits per heavy atom. The van der Waals surface area contributed by atoms with Gasteiger partial charge in [-0.1, -0.05) is 31.9 Å². The maximum absolute atomic E-state index is 10.7. The molecule has 20 heavy (non-hydrogen) atoms. The summed E-state index contributed by atoms with van der Waals surface area (Å²) in [6.07, 6.45) is 7.39. The van der Waals surface area contributed by atoms with Gasteiger partial charge < -0.3 is 5.32 Å². The molecule has 1 unspecified atom stereocenters. The number of benzene rings is 1. The van der Waals surface area contributed by atoms with Crippen LogP contribution in [0.5, 0.6) is 0 Å². The SMILES string of the molecule is CCC1(C(Cc2ccc([N+](=O)[O-])cc2)NC)CCCC1. The number of hydrogen-bond donors (Lipinski definition) is 1. The summed E-state index contributed by atoms with van der Waals surface area (Å²) in [5.74, 6) is 0. The molecule has 1 atom stereocenters. The molecule has 0 aliphatic heterocycles. The highest BCUT2D eigenvalue weighted by Crippen LogP contribution is 2.44. The van der Waals surface area contributed by atoms with E-state index in [-0.39, 0.29) is 10.6 Å². The van der Waals surface area contributed by atoms with E-state index < -0.39 is 0 Å². The van der Waals surface area contributed by atoms with E-state index in [1.807, 2.05) is 19.2 Å². The number of nitro benzene ring substituents is 1. The van der Waals surface area contributed by atoms with Crippen molar-refractivity contribution in [3.8, 4) is 0 Å². The van der Waals surface area contributed by atoms with Gasteiger partial charge in [-0.25, -0.2) is 0 Å². The lowest BCUT2D eigenvalue weighted by Crippen LogP contribution is -2.43. The molecule has 1 fully saturated rings. The minimum Gasteiger partial charge on any atom is -0.316 e. The van der Waals surface area contributed by atoms with E-state index in [1.165, 1.54) is 37.7 Å². The Kier molecular flexibility index (Phi) is 4.76. The molecule has 0 radical (unpaired) electrons. The van der Waals surface area contributed by atoms with Gasteiger partial charge in [-0.15, -0.1) is 0 Å². The Morgan fingerprint density at radius 2 is 1.90 bits per heavy atom. The molecule has 110 valence electrons. The first-order valence-electron chi connectivity index (χ1n) is 7.52. The molecule has 0 heterocycles. The molecular formula is C16H24N2O2. The van der Waals surface area contributed by atoms with Gasteiger partial charge in [0, 0.05) is 18.2 Å². The van der Waals surface area contributed by atoms with Crippen molar-refractivity contribution in [3.63, 3.8) is 0 Å². The van der Waals surface area contributed by atoms with Crippen molar-refractivity contribution in [1.82, 2.24) is 5.32 Å². The molecule has 0 spiro atoms. The minimum atomic E-state index is -0.343. The first-order valence-corrected chi connectivity index (χ1v) is 7.52. The Hall–Kier alpha value is -1.42. The number of nitrogens with one attached hydrogen (secondary N) is 1. The van der Waals surface area contributed by atoms with Crippen LogP contribution in [0.15, 0.2) is 24.3 Å². The van der Waals surface area contributed by atoms with Crippen LogP contribution >= 0.6 is 0 Å². The summed E-state index contributed by atoms with van der Waals surface area (Å²) in [6.45, 7) is 2.28. The molecule has 1 aromatic carbocycles. The molecule has 0 bridgehead atoms. The standard InChI is InChI=1S/C16H24N2O2/c1-3-16(10-4-5-11-16)15(17-2)12-13-6-8-14(9-7-13)18(19)20/h6-9,15,17H,3-5,10-12H2,1-2H3. The largest absolute Gasteiger partial charge is 0.316 e. The fraction of sp³-hybridized carbons (Fsp3) is 0.625. The summed E-state index contributed by atoms with van der Waals surface area (Å²) in [7, 11) is 2.03. The topological polar surface area (TPSA) is 55.2 Å². The summed E-state index contributed by atoms with van der Waals surface area (Å²) < 4.78 is 0.